The lowest BCUT2D eigenvalue weighted by molar-refractivity contribution is -0.385. The van der Waals surface area contributed by atoms with Crippen LogP contribution < -0.4 is 10.7 Å². The number of phenolic OH excluding ortho intramolecular Hbond substituents is 1. The van der Waals surface area contributed by atoms with Crippen molar-refractivity contribution in [2.24, 2.45) is 5.10 Å². The zero-order chi connectivity index (χ0) is 19.3. The van der Waals surface area contributed by atoms with Gasteiger partial charge in [-0.3, -0.25) is 14.9 Å². The topological polar surface area (TPSA) is 117 Å². The number of rotatable bonds is 6. The molecule has 26 heavy (non-hydrogen) atoms. The Labute approximate surface area is 154 Å². The number of carbonyl (C=O) groups excluding carboxylic acids is 1. The van der Waals surface area contributed by atoms with Crippen LogP contribution in [0.1, 0.15) is 18.1 Å². The van der Waals surface area contributed by atoms with Crippen LogP contribution in [-0.4, -0.2) is 28.2 Å². The number of anilines is 1. The maximum absolute atomic E-state index is 12.1. The van der Waals surface area contributed by atoms with Gasteiger partial charge in [-0.2, -0.15) is 5.10 Å². The Bertz CT molecular complexity index is 870. The Hall–Kier alpha value is -3.13. The van der Waals surface area contributed by atoms with E-state index in [0.717, 1.165) is 23.5 Å². The lowest BCUT2D eigenvalue weighted by Gasteiger charge is -2.15. The van der Waals surface area contributed by atoms with Crippen LogP contribution in [0.15, 0.2) is 41.5 Å². The molecule has 0 aliphatic heterocycles. The quantitative estimate of drug-likeness (QED) is 0.406. The van der Waals surface area contributed by atoms with E-state index in [9.17, 15) is 20.0 Å². The van der Waals surface area contributed by atoms with Crippen LogP contribution in [0.25, 0.3) is 0 Å². The Kier molecular flexibility index (Phi) is 6.13. The van der Waals surface area contributed by atoms with Crippen LogP contribution in [0.4, 0.5) is 11.4 Å². The minimum atomic E-state index is -0.759. The molecule has 8 nitrogen and oxygen atoms in total. The highest BCUT2D eigenvalue weighted by Crippen LogP contribution is 2.32. The number of amides is 1. The van der Waals surface area contributed by atoms with E-state index in [1.807, 2.05) is 31.2 Å². The summed E-state index contributed by atoms with van der Waals surface area (Å²) in [6.07, 6.45) is 1.09. The molecule has 0 aliphatic carbocycles. The van der Waals surface area contributed by atoms with E-state index >= 15 is 0 Å². The molecule has 2 aromatic carbocycles. The number of hydrogen-bond acceptors (Lipinski definition) is 6. The van der Waals surface area contributed by atoms with E-state index in [-0.39, 0.29) is 10.6 Å². The number of nitrogens with one attached hydrogen (secondary N) is 2. The van der Waals surface area contributed by atoms with Gasteiger partial charge in [0.1, 0.15) is 6.04 Å². The van der Waals surface area contributed by atoms with Crippen LogP contribution in [0.2, 0.25) is 5.02 Å². The molecule has 2 aromatic rings. The summed E-state index contributed by atoms with van der Waals surface area (Å²) in [7, 11) is 0. The first-order chi connectivity index (χ1) is 12.3. The van der Waals surface area contributed by atoms with Gasteiger partial charge in [0.25, 0.3) is 5.91 Å². The predicted octanol–water partition coefficient (Wildman–Crippen LogP) is 3.21. The van der Waals surface area contributed by atoms with Crippen molar-refractivity contribution in [1.29, 1.82) is 0 Å². The molecule has 0 aliphatic rings. The van der Waals surface area contributed by atoms with Crippen molar-refractivity contribution < 1.29 is 14.8 Å². The number of nitro groups is 1. The smallest absolute Gasteiger partial charge is 0.312 e. The highest BCUT2D eigenvalue weighted by molar-refractivity contribution is 6.31. The van der Waals surface area contributed by atoms with Gasteiger partial charge < -0.3 is 10.4 Å². The van der Waals surface area contributed by atoms with Gasteiger partial charge >= 0.3 is 5.69 Å². The van der Waals surface area contributed by atoms with E-state index in [1.54, 1.807) is 6.92 Å². The molecule has 0 bridgehead atoms. The van der Waals surface area contributed by atoms with Gasteiger partial charge in [-0.15, -0.1) is 0 Å². The third kappa shape index (κ3) is 4.70. The number of para-hydroxylation sites is 1. The minimum Gasteiger partial charge on any atom is -0.502 e. The second-order valence-corrected chi connectivity index (χ2v) is 5.97. The molecule has 1 amide bonds. The maximum atomic E-state index is 12.1. The van der Waals surface area contributed by atoms with Gasteiger partial charge in [0.15, 0.2) is 0 Å². The average molecular weight is 377 g/mol. The van der Waals surface area contributed by atoms with Crippen molar-refractivity contribution in [3.8, 4) is 5.75 Å². The lowest BCUT2D eigenvalue weighted by atomic mass is 10.2. The minimum absolute atomic E-state index is 0.0176. The normalized spacial score (nSPS) is 12.0. The molecule has 3 N–H and O–H groups in total. The molecule has 0 saturated carbocycles. The number of halogens is 1. The fourth-order valence-corrected chi connectivity index (χ4v) is 2.36. The third-order valence-electron chi connectivity index (χ3n) is 3.57. The molecule has 1 unspecified atom stereocenters. The van der Waals surface area contributed by atoms with E-state index in [0.29, 0.717) is 0 Å². The molecule has 9 heteroatoms. The predicted molar refractivity (Wildman–Crippen MR) is 99.8 cm³/mol. The number of hydrazone groups is 1. The van der Waals surface area contributed by atoms with Crippen LogP contribution in [0, 0.1) is 17.0 Å². The summed E-state index contributed by atoms with van der Waals surface area (Å²) in [6, 6.07) is 9.27. The first-order valence-electron chi connectivity index (χ1n) is 7.61. The largest absolute Gasteiger partial charge is 0.502 e. The standard InChI is InChI=1S/C17H17ClN4O4/c1-10-5-3-4-6-14(10)20-11(2)17(24)21-19-9-12-7-13(18)8-15(16(12)23)22(25)26/h3-9,11,20,23H,1-2H3,(H,21,24). The molecule has 0 radical (unpaired) electrons. The van der Waals surface area contributed by atoms with Gasteiger partial charge in [-0.05, 0) is 31.5 Å². The molecule has 136 valence electrons. The van der Waals surface area contributed by atoms with Crippen molar-refractivity contribution in [2.75, 3.05) is 5.32 Å². The Balaban J connectivity index is 2.05. The van der Waals surface area contributed by atoms with E-state index < -0.39 is 28.3 Å². The first kappa shape index (κ1) is 19.2. The van der Waals surface area contributed by atoms with E-state index in [2.05, 4.69) is 15.8 Å². The Morgan fingerprint density at radius 3 is 2.73 bits per heavy atom. The summed E-state index contributed by atoms with van der Waals surface area (Å²) in [5.74, 6) is -0.996. The SMILES string of the molecule is Cc1ccccc1NC(C)C(=O)NN=Cc1cc(Cl)cc([N+](=O)[O-])c1O. The van der Waals surface area contributed by atoms with Crippen LogP contribution in [0.5, 0.6) is 5.75 Å². The summed E-state index contributed by atoms with van der Waals surface area (Å²) in [5.41, 5.74) is 3.60. The summed E-state index contributed by atoms with van der Waals surface area (Å²) in [5, 5.41) is 27.6. The second kappa shape index (κ2) is 8.30. The lowest BCUT2D eigenvalue weighted by Crippen LogP contribution is -2.35. The van der Waals surface area contributed by atoms with Crippen LogP contribution in [0.3, 0.4) is 0 Å². The van der Waals surface area contributed by atoms with Crippen LogP contribution in [-0.2, 0) is 4.79 Å². The molecule has 1 atom stereocenters. The zero-order valence-electron chi connectivity index (χ0n) is 14.1. The fraction of sp³-hybridized carbons (Fsp3) is 0.176. The van der Waals surface area contributed by atoms with Crippen molar-refractivity contribution in [1.82, 2.24) is 5.43 Å². The van der Waals surface area contributed by atoms with Crippen molar-refractivity contribution >= 4 is 35.1 Å². The fourth-order valence-electron chi connectivity index (χ4n) is 2.14. The van der Waals surface area contributed by atoms with Crippen LogP contribution >= 0.6 is 11.6 Å². The van der Waals surface area contributed by atoms with Gasteiger partial charge in [0.2, 0.25) is 5.75 Å². The summed E-state index contributed by atoms with van der Waals surface area (Å²) < 4.78 is 0. The molecule has 0 saturated heterocycles. The van der Waals surface area contributed by atoms with E-state index in [1.165, 1.54) is 6.07 Å². The number of nitrogens with zero attached hydrogens (tertiary/aromatic N) is 2. The Morgan fingerprint density at radius 2 is 2.08 bits per heavy atom. The number of aromatic hydroxyl groups is 1. The third-order valence-corrected chi connectivity index (χ3v) is 3.79. The second-order valence-electron chi connectivity index (χ2n) is 5.54. The monoisotopic (exact) mass is 376 g/mol. The molecular weight excluding hydrogens is 360 g/mol. The first-order valence-corrected chi connectivity index (χ1v) is 7.99. The van der Waals surface area contributed by atoms with Gasteiger partial charge in [-0.1, -0.05) is 29.8 Å². The average Bonchev–Trinajstić information content (AvgIpc) is 2.59. The maximum Gasteiger partial charge on any atom is 0.312 e. The summed E-state index contributed by atoms with van der Waals surface area (Å²) in [4.78, 5) is 22.2. The van der Waals surface area contributed by atoms with Crippen molar-refractivity contribution in [2.45, 2.75) is 19.9 Å². The molecule has 2 rings (SSSR count). The number of phenols is 1. The van der Waals surface area contributed by atoms with Gasteiger partial charge in [0.05, 0.1) is 11.1 Å². The molecule has 0 fully saturated rings. The van der Waals surface area contributed by atoms with E-state index in [4.69, 9.17) is 11.6 Å². The van der Waals surface area contributed by atoms with Gasteiger partial charge in [0, 0.05) is 22.3 Å². The Morgan fingerprint density at radius 1 is 1.38 bits per heavy atom. The number of hydrogen-bond donors (Lipinski definition) is 3. The summed E-state index contributed by atoms with van der Waals surface area (Å²) in [6.45, 7) is 3.58. The number of nitro benzene ring substituents is 1. The number of aryl methyl sites for hydroxylation is 1. The summed E-state index contributed by atoms with van der Waals surface area (Å²) >= 11 is 5.79. The van der Waals surface area contributed by atoms with Crippen molar-refractivity contribution in [3.63, 3.8) is 0 Å². The van der Waals surface area contributed by atoms with Gasteiger partial charge in [-0.25, -0.2) is 5.43 Å². The molecule has 0 spiro atoms. The molecular formula is C17H17ClN4O4. The highest BCUT2D eigenvalue weighted by atomic mass is 35.5. The van der Waals surface area contributed by atoms with Crippen molar-refractivity contribution in [3.05, 3.63) is 62.7 Å². The molecule has 0 heterocycles. The zero-order valence-corrected chi connectivity index (χ0v) is 14.8. The number of carbonyl (C=O) groups is 1. The number of benzene rings is 2. The molecule has 0 aromatic heterocycles. The highest BCUT2D eigenvalue weighted by Gasteiger charge is 2.18.